The Morgan fingerprint density at radius 1 is 1.18 bits per heavy atom. The number of hydrogen-bond acceptors (Lipinski definition) is 5. The van der Waals surface area contributed by atoms with Gasteiger partial charge in [0.25, 0.3) is 0 Å². The zero-order valence-electron chi connectivity index (χ0n) is 16.9. The zero-order chi connectivity index (χ0) is 19.8. The predicted octanol–water partition coefficient (Wildman–Crippen LogP) is 1.49. The second-order valence-corrected chi connectivity index (χ2v) is 10.2. The van der Waals surface area contributed by atoms with E-state index in [1.807, 2.05) is 19.9 Å². The Hall–Kier alpha value is -1.12. The minimum absolute atomic E-state index is 0. The van der Waals surface area contributed by atoms with Crippen LogP contribution >= 0.6 is 12.4 Å². The number of hydrogen-bond donors (Lipinski definition) is 0. The van der Waals surface area contributed by atoms with Crippen LogP contribution in [0.15, 0.2) is 12.2 Å². The Bertz CT molecular complexity index is 719. The third-order valence-electron chi connectivity index (χ3n) is 6.02. The lowest BCUT2D eigenvalue weighted by Crippen LogP contribution is -2.43. The summed E-state index contributed by atoms with van der Waals surface area (Å²) in [6.45, 7) is 7.22. The molecule has 7 nitrogen and oxygen atoms in total. The summed E-state index contributed by atoms with van der Waals surface area (Å²) in [7, 11) is -3.63. The third kappa shape index (κ3) is 4.54. The van der Waals surface area contributed by atoms with Gasteiger partial charge in [0.2, 0.25) is 21.8 Å². The number of sulfonamides is 1. The number of likely N-dealkylation sites (tertiary alicyclic amines) is 2. The molecule has 3 aliphatic heterocycles. The van der Waals surface area contributed by atoms with E-state index in [9.17, 15) is 18.0 Å². The molecule has 0 saturated carbocycles. The fraction of sp³-hybridized carbons (Fsp3) is 0.789. The molecule has 0 radical (unpaired) electrons. The Morgan fingerprint density at radius 2 is 1.82 bits per heavy atom. The van der Waals surface area contributed by atoms with Crippen molar-refractivity contribution in [2.75, 3.05) is 32.4 Å². The van der Waals surface area contributed by atoms with Crippen LogP contribution in [0.4, 0.5) is 0 Å². The van der Waals surface area contributed by atoms with Gasteiger partial charge in [0.05, 0.1) is 24.3 Å². The van der Waals surface area contributed by atoms with Crippen molar-refractivity contribution in [1.82, 2.24) is 14.1 Å². The molecule has 160 valence electrons. The topological polar surface area (TPSA) is 78.0 Å². The minimum Gasteiger partial charge on any atom is -0.333 e. The Balaban J connectivity index is 0.00000280. The molecule has 3 aliphatic rings. The number of nitrogens with zero attached hydrogens (tertiary/aromatic N) is 3. The highest BCUT2D eigenvalue weighted by Gasteiger charge is 2.58. The van der Waals surface area contributed by atoms with Gasteiger partial charge in [-0.1, -0.05) is 26.3 Å². The highest BCUT2D eigenvalue weighted by Crippen LogP contribution is 2.41. The van der Waals surface area contributed by atoms with Gasteiger partial charge in [0, 0.05) is 19.2 Å². The van der Waals surface area contributed by atoms with Crippen LogP contribution in [0.1, 0.15) is 39.5 Å². The van der Waals surface area contributed by atoms with Crippen molar-refractivity contribution in [3.8, 4) is 0 Å². The van der Waals surface area contributed by atoms with E-state index in [-0.39, 0.29) is 36.2 Å². The summed E-state index contributed by atoms with van der Waals surface area (Å²) in [6, 6.07) is -0.793. The first-order chi connectivity index (χ1) is 12.7. The molecule has 2 amide bonds. The summed E-state index contributed by atoms with van der Waals surface area (Å²) in [5.41, 5.74) is 0. The van der Waals surface area contributed by atoms with E-state index in [0.29, 0.717) is 13.0 Å². The molecule has 3 rings (SSSR count). The van der Waals surface area contributed by atoms with Gasteiger partial charge in [0.1, 0.15) is 0 Å². The van der Waals surface area contributed by atoms with Crippen LogP contribution in [0.3, 0.4) is 0 Å². The average molecular weight is 434 g/mol. The van der Waals surface area contributed by atoms with Crippen LogP contribution in [-0.2, 0) is 19.6 Å². The molecule has 0 spiro atoms. The molecule has 0 aromatic heterocycles. The summed E-state index contributed by atoms with van der Waals surface area (Å²) in [5.74, 6) is -0.972. The van der Waals surface area contributed by atoms with E-state index < -0.39 is 22.0 Å². The van der Waals surface area contributed by atoms with Gasteiger partial charge in [0.15, 0.2) is 0 Å². The largest absolute Gasteiger partial charge is 0.333 e. The van der Waals surface area contributed by atoms with Gasteiger partial charge in [-0.05, 0) is 38.3 Å². The van der Waals surface area contributed by atoms with Gasteiger partial charge < -0.3 is 4.90 Å². The van der Waals surface area contributed by atoms with E-state index in [1.54, 1.807) is 11.0 Å². The van der Waals surface area contributed by atoms with Crippen molar-refractivity contribution in [3.05, 3.63) is 12.2 Å². The molecule has 0 aromatic carbocycles. The van der Waals surface area contributed by atoms with Gasteiger partial charge in [-0.2, -0.15) is 0 Å². The molecule has 0 aromatic rings. The van der Waals surface area contributed by atoms with Crippen LogP contribution in [0, 0.1) is 11.8 Å². The third-order valence-corrected chi connectivity index (χ3v) is 7.19. The van der Waals surface area contributed by atoms with Gasteiger partial charge >= 0.3 is 0 Å². The first-order valence-corrected chi connectivity index (χ1v) is 11.8. The summed E-state index contributed by atoms with van der Waals surface area (Å²) in [4.78, 5) is 29.6. The molecule has 3 atom stereocenters. The fourth-order valence-electron chi connectivity index (χ4n) is 4.83. The van der Waals surface area contributed by atoms with Crippen LogP contribution in [0.2, 0.25) is 0 Å². The van der Waals surface area contributed by atoms with Crippen molar-refractivity contribution in [2.45, 2.75) is 51.6 Å². The fourth-order valence-corrected chi connectivity index (χ4v) is 6.00. The predicted molar refractivity (Wildman–Crippen MR) is 111 cm³/mol. The monoisotopic (exact) mass is 433 g/mol. The molecule has 0 aliphatic carbocycles. The SMILES string of the molecule is CC(C)C1C(=O)N(S(C)(=O)=O)C2CCN(C(=O)/C=C/CN3CCCCC3)C12.Cl. The van der Waals surface area contributed by atoms with Crippen molar-refractivity contribution >= 4 is 34.2 Å². The van der Waals surface area contributed by atoms with E-state index in [1.165, 1.54) is 19.3 Å². The maximum atomic E-state index is 12.8. The highest BCUT2D eigenvalue weighted by atomic mass is 35.5. The lowest BCUT2D eigenvalue weighted by atomic mass is 9.88. The highest BCUT2D eigenvalue weighted by molar-refractivity contribution is 7.88. The Morgan fingerprint density at radius 3 is 2.39 bits per heavy atom. The summed E-state index contributed by atoms with van der Waals surface area (Å²) < 4.78 is 25.4. The summed E-state index contributed by atoms with van der Waals surface area (Å²) in [6.07, 6.45) is 8.77. The number of halogens is 1. The Kier molecular flexibility index (Phi) is 7.56. The molecule has 28 heavy (non-hydrogen) atoms. The van der Waals surface area contributed by atoms with Gasteiger partial charge in [-0.15, -0.1) is 12.4 Å². The van der Waals surface area contributed by atoms with Crippen molar-refractivity contribution < 1.29 is 18.0 Å². The lowest BCUT2D eigenvalue weighted by Gasteiger charge is -2.28. The number of rotatable bonds is 5. The van der Waals surface area contributed by atoms with E-state index >= 15 is 0 Å². The van der Waals surface area contributed by atoms with Crippen LogP contribution in [0.5, 0.6) is 0 Å². The molecule has 0 bridgehead atoms. The van der Waals surface area contributed by atoms with Crippen molar-refractivity contribution in [1.29, 1.82) is 0 Å². The van der Waals surface area contributed by atoms with Gasteiger partial charge in [-0.3, -0.25) is 14.5 Å². The second kappa shape index (κ2) is 9.13. The average Bonchev–Trinajstić information content (AvgIpc) is 3.11. The molecule has 3 unspecified atom stereocenters. The van der Waals surface area contributed by atoms with Crippen LogP contribution < -0.4 is 0 Å². The molecule has 3 fully saturated rings. The summed E-state index contributed by atoms with van der Waals surface area (Å²) in [5, 5.41) is 0. The van der Waals surface area contributed by atoms with E-state index in [2.05, 4.69) is 4.90 Å². The standard InChI is InChI=1S/C19H31N3O4S.ClH/c1-14(2)17-18-15(22(19(17)24)27(3,25)26)9-13-21(18)16(23)8-7-12-20-10-5-4-6-11-20;/h7-8,14-15,17-18H,4-6,9-13H2,1-3H3;1H/b8-7+;. The lowest BCUT2D eigenvalue weighted by molar-refractivity contribution is -0.131. The van der Waals surface area contributed by atoms with Crippen molar-refractivity contribution in [3.63, 3.8) is 0 Å². The van der Waals surface area contributed by atoms with E-state index in [0.717, 1.165) is 30.2 Å². The second-order valence-electron chi connectivity index (χ2n) is 8.31. The van der Waals surface area contributed by atoms with Crippen LogP contribution in [0.25, 0.3) is 0 Å². The van der Waals surface area contributed by atoms with Gasteiger partial charge in [-0.25, -0.2) is 12.7 Å². The number of carbonyl (C=O) groups is 2. The minimum atomic E-state index is -3.63. The number of piperidine rings is 1. The molecule has 0 N–H and O–H groups in total. The molecular weight excluding hydrogens is 402 g/mol. The quantitative estimate of drug-likeness (QED) is 0.614. The molecule has 9 heteroatoms. The number of amides is 2. The van der Waals surface area contributed by atoms with Crippen molar-refractivity contribution in [2.24, 2.45) is 11.8 Å². The molecule has 3 heterocycles. The summed E-state index contributed by atoms with van der Waals surface area (Å²) >= 11 is 0. The maximum Gasteiger partial charge on any atom is 0.246 e. The normalized spacial score (nSPS) is 28.9. The first-order valence-electron chi connectivity index (χ1n) is 9.94. The van der Waals surface area contributed by atoms with Crippen LogP contribution in [-0.4, -0.2) is 78.9 Å². The molecule has 3 saturated heterocycles. The molecular formula is C19H32ClN3O4S. The van der Waals surface area contributed by atoms with E-state index in [4.69, 9.17) is 0 Å². The smallest absolute Gasteiger partial charge is 0.246 e. The zero-order valence-corrected chi connectivity index (χ0v) is 18.5. The maximum absolute atomic E-state index is 12.8. The number of fused-ring (bicyclic) bond motifs is 1. The number of carbonyl (C=O) groups excluding carboxylic acids is 2. The first kappa shape index (κ1) is 23.2. The Labute approximate surface area is 174 Å².